The highest BCUT2D eigenvalue weighted by molar-refractivity contribution is 5.42. The second-order valence-corrected chi connectivity index (χ2v) is 6.07. The normalized spacial score (nSPS) is 26.8. The molecule has 1 N–H and O–H groups in total. The molecule has 0 aromatic heterocycles. The molecule has 1 fully saturated rings. The Morgan fingerprint density at radius 1 is 1.19 bits per heavy atom. The van der Waals surface area contributed by atoms with Gasteiger partial charge in [-0.2, -0.15) is 0 Å². The second kappa shape index (κ2) is 6.34. The van der Waals surface area contributed by atoms with Gasteiger partial charge in [0.05, 0.1) is 13.2 Å². The number of fused-ring (bicyclic) bond motifs is 1. The highest BCUT2D eigenvalue weighted by atomic mass is 16.5. The first-order valence-corrected chi connectivity index (χ1v) is 7.87. The zero-order valence-electron chi connectivity index (χ0n) is 13.3. The topological polar surface area (TPSA) is 33.7 Å². The number of likely N-dealkylation sites (tertiary alicyclic amines) is 1. The van der Waals surface area contributed by atoms with E-state index in [1.54, 1.807) is 7.11 Å². The van der Waals surface area contributed by atoms with Crippen LogP contribution in [0, 0.1) is 0 Å². The van der Waals surface area contributed by atoms with E-state index in [-0.39, 0.29) is 0 Å². The lowest BCUT2D eigenvalue weighted by Crippen LogP contribution is -2.47. The standard InChI is InChI=1S/C17H26N2O2/c1-18-17-15-11-14(21-3)5-4-12(15)10-16(17)19-8-6-13(20-2)7-9-19/h4-5,11,13,16-18H,6-10H2,1-3H3. The van der Waals surface area contributed by atoms with E-state index in [1.165, 1.54) is 11.1 Å². The van der Waals surface area contributed by atoms with Crippen molar-refractivity contribution in [2.75, 3.05) is 34.4 Å². The summed E-state index contributed by atoms with van der Waals surface area (Å²) in [4.78, 5) is 2.63. The minimum absolute atomic E-state index is 0.397. The van der Waals surface area contributed by atoms with Crippen molar-refractivity contribution in [3.8, 4) is 5.75 Å². The Bertz CT molecular complexity index is 484. The smallest absolute Gasteiger partial charge is 0.119 e. The third-order valence-electron chi connectivity index (χ3n) is 5.09. The minimum Gasteiger partial charge on any atom is -0.497 e. The summed E-state index contributed by atoms with van der Waals surface area (Å²) in [7, 11) is 5.63. The fraction of sp³-hybridized carbons (Fsp3) is 0.647. The Balaban J connectivity index is 1.76. The predicted molar refractivity (Wildman–Crippen MR) is 83.9 cm³/mol. The van der Waals surface area contributed by atoms with Crippen LogP contribution in [-0.4, -0.2) is 51.4 Å². The molecule has 1 aliphatic heterocycles. The molecular formula is C17H26N2O2. The third kappa shape index (κ3) is 2.80. The van der Waals surface area contributed by atoms with Gasteiger partial charge in [0.2, 0.25) is 0 Å². The fourth-order valence-electron chi connectivity index (χ4n) is 3.86. The van der Waals surface area contributed by atoms with Gasteiger partial charge in [0, 0.05) is 32.3 Å². The number of hydrogen-bond acceptors (Lipinski definition) is 4. The zero-order chi connectivity index (χ0) is 14.8. The molecule has 4 nitrogen and oxygen atoms in total. The molecule has 0 amide bonds. The van der Waals surface area contributed by atoms with Crippen molar-refractivity contribution in [2.45, 2.75) is 37.5 Å². The molecule has 2 aliphatic rings. The van der Waals surface area contributed by atoms with Crippen LogP contribution in [0.5, 0.6) is 5.75 Å². The minimum atomic E-state index is 0.397. The van der Waals surface area contributed by atoms with Crippen LogP contribution in [0.4, 0.5) is 0 Å². The number of benzene rings is 1. The zero-order valence-corrected chi connectivity index (χ0v) is 13.3. The average molecular weight is 290 g/mol. The van der Waals surface area contributed by atoms with Crippen molar-refractivity contribution >= 4 is 0 Å². The molecule has 116 valence electrons. The molecule has 1 heterocycles. The Hall–Kier alpha value is -1.10. The van der Waals surface area contributed by atoms with Crippen LogP contribution < -0.4 is 10.1 Å². The van der Waals surface area contributed by atoms with Gasteiger partial charge < -0.3 is 14.8 Å². The molecule has 2 atom stereocenters. The summed E-state index contributed by atoms with van der Waals surface area (Å²) in [5.74, 6) is 0.952. The van der Waals surface area contributed by atoms with Gasteiger partial charge in [-0.15, -0.1) is 0 Å². The summed E-state index contributed by atoms with van der Waals surface area (Å²) >= 11 is 0. The van der Waals surface area contributed by atoms with E-state index in [4.69, 9.17) is 9.47 Å². The summed E-state index contributed by atoms with van der Waals surface area (Å²) in [6, 6.07) is 7.44. The molecule has 1 aromatic rings. The van der Waals surface area contributed by atoms with Crippen molar-refractivity contribution in [2.24, 2.45) is 0 Å². The molecule has 0 bridgehead atoms. The van der Waals surface area contributed by atoms with Crippen LogP contribution in [0.15, 0.2) is 18.2 Å². The van der Waals surface area contributed by atoms with Crippen LogP contribution in [0.1, 0.15) is 30.0 Å². The molecule has 1 aliphatic carbocycles. The molecule has 1 aromatic carbocycles. The highest BCUT2D eigenvalue weighted by Gasteiger charge is 2.37. The Morgan fingerprint density at radius 3 is 2.57 bits per heavy atom. The summed E-state index contributed by atoms with van der Waals surface area (Å²) in [5, 5.41) is 3.52. The number of nitrogens with one attached hydrogen (secondary N) is 1. The van der Waals surface area contributed by atoms with Gasteiger partial charge in [-0.1, -0.05) is 6.07 Å². The summed E-state index contributed by atoms with van der Waals surface area (Å²) in [5.41, 5.74) is 2.85. The quantitative estimate of drug-likeness (QED) is 0.919. The first-order chi connectivity index (χ1) is 10.3. The first kappa shape index (κ1) is 14.8. The number of piperidine rings is 1. The van der Waals surface area contributed by atoms with Gasteiger partial charge >= 0.3 is 0 Å². The van der Waals surface area contributed by atoms with Crippen LogP contribution in [0.3, 0.4) is 0 Å². The van der Waals surface area contributed by atoms with Crippen LogP contribution in [-0.2, 0) is 11.2 Å². The van der Waals surface area contributed by atoms with E-state index in [2.05, 4.69) is 35.5 Å². The van der Waals surface area contributed by atoms with Gasteiger partial charge in [0.25, 0.3) is 0 Å². The van der Waals surface area contributed by atoms with Gasteiger partial charge in [-0.3, -0.25) is 4.90 Å². The number of methoxy groups -OCH3 is 2. The molecular weight excluding hydrogens is 264 g/mol. The van der Waals surface area contributed by atoms with Gasteiger partial charge in [0.15, 0.2) is 0 Å². The molecule has 3 rings (SSSR count). The molecule has 2 unspecified atom stereocenters. The molecule has 4 heteroatoms. The molecule has 0 spiro atoms. The van der Waals surface area contributed by atoms with Crippen molar-refractivity contribution in [1.29, 1.82) is 0 Å². The van der Waals surface area contributed by atoms with E-state index in [0.717, 1.165) is 38.1 Å². The Kier molecular flexibility index (Phi) is 4.48. The molecule has 0 saturated carbocycles. The Labute approximate surface area is 127 Å². The lowest BCUT2D eigenvalue weighted by molar-refractivity contribution is 0.0231. The lowest BCUT2D eigenvalue weighted by atomic mass is 10.0. The fourth-order valence-corrected chi connectivity index (χ4v) is 3.86. The highest BCUT2D eigenvalue weighted by Crippen LogP contribution is 2.37. The maximum absolute atomic E-state index is 5.49. The molecule has 21 heavy (non-hydrogen) atoms. The van der Waals surface area contributed by atoms with E-state index < -0.39 is 0 Å². The van der Waals surface area contributed by atoms with Gasteiger partial charge in [-0.25, -0.2) is 0 Å². The maximum Gasteiger partial charge on any atom is 0.119 e. The van der Waals surface area contributed by atoms with Crippen molar-refractivity contribution in [3.63, 3.8) is 0 Å². The number of rotatable bonds is 4. The number of likely N-dealkylation sites (N-methyl/N-ethyl adjacent to an activating group) is 1. The molecule has 0 radical (unpaired) electrons. The Morgan fingerprint density at radius 2 is 1.95 bits per heavy atom. The van der Waals surface area contributed by atoms with Crippen molar-refractivity contribution in [1.82, 2.24) is 10.2 Å². The van der Waals surface area contributed by atoms with Crippen LogP contribution in [0.25, 0.3) is 0 Å². The number of hydrogen-bond donors (Lipinski definition) is 1. The SMILES string of the molecule is CNC1c2cc(OC)ccc2CC1N1CCC(OC)CC1. The van der Waals surface area contributed by atoms with Gasteiger partial charge in [-0.05, 0) is 49.6 Å². The number of ether oxygens (including phenoxy) is 2. The van der Waals surface area contributed by atoms with Crippen LogP contribution >= 0.6 is 0 Å². The van der Waals surface area contributed by atoms with E-state index in [0.29, 0.717) is 18.2 Å². The summed E-state index contributed by atoms with van der Waals surface area (Å²) < 4.78 is 10.9. The second-order valence-electron chi connectivity index (χ2n) is 6.07. The predicted octanol–water partition coefficient (Wildman–Crippen LogP) is 1.99. The molecule has 1 saturated heterocycles. The van der Waals surface area contributed by atoms with Crippen molar-refractivity contribution in [3.05, 3.63) is 29.3 Å². The van der Waals surface area contributed by atoms with E-state index >= 15 is 0 Å². The van der Waals surface area contributed by atoms with E-state index in [9.17, 15) is 0 Å². The largest absolute Gasteiger partial charge is 0.497 e. The average Bonchev–Trinajstić information content (AvgIpc) is 2.92. The monoisotopic (exact) mass is 290 g/mol. The maximum atomic E-state index is 5.49. The third-order valence-corrected chi connectivity index (χ3v) is 5.09. The number of nitrogens with zero attached hydrogens (tertiary/aromatic N) is 1. The summed E-state index contributed by atoms with van der Waals surface area (Å²) in [6.07, 6.45) is 3.85. The van der Waals surface area contributed by atoms with Gasteiger partial charge in [0.1, 0.15) is 5.75 Å². The first-order valence-electron chi connectivity index (χ1n) is 7.87. The van der Waals surface area contributed by atoms with E-state index in [1.807, 2.05) is 7.11 Å². The lowest BCUT2D eigenvalue weighted by Gasteiger charge is -2.38. The summed E-state index contributed by atoms with van der Waals surface area (Å²) in [6.45, 7) is 2.26. The van der Waals surface area contributed by atoms with Crippen LogP contribution in [0.2, 0.25) is 0 Å². The van der Waals surface area contributed by atoms with Crippen molar-refractivity contribution < 1.29 is 9.47 Å².